The first-order valence-corrected chi connectivity index (χ1v) is 12.6. The number of hydrogen-bond acceptors (Lipinski definition) is 5. The first-order chi connectivity index (χ1) is 17.2. The summed E-state index contributed by atoms with van der Waals surface area (Å²) in [7, 11) is 0. The normalized spacial score (nSPS) is 12.9. The molecule has 37 heavy (non-hydrogen) atoms. The number of nitrogens with one attached hydrogen (secondary N) is 1. The van der Waals surface area contributed by atoms with Crippen LogP contribution in [0.5, 0.6) is 5.75 Å². The number of amides is 3. The number of nitrogens with zero attached hydrogens (tertiary/aromatic N) is 1. The number of carbonyl (C=O) groups is 3. The van der Waals surface area contributed by atoms with Gasteiger partial charge < -0.3 is 25.8 Å². The number of carbonyl (C=O) groups excluding carboxylic acids is 3. The monoisotopic (exact) mass is 511 g/mol. The predicted molar refractivity (Wildman–Crippen MR) is 144 cm³/mol. The average Bonchev–Trinajstić information content (AvgIpc) is 2.81. The fraction of sp³-hybridized carbons (Fsp3) is 0.483. The minimum absolute atomic E-state index is 0.164. The highest BCUT2D eigenvalue weighted by Crippen LogP contribution is 2.28. The summed E-state index contributed by atoms with van der Waals surface area (Å²) < 4.78 is 5.43. The van der Waals surface area contributed by atoms with Crippen molar-refractivity contribution in [2.75, 3.05) is 6.54 Å². The average molecular weight is 512 g/mol. The van der Waals surface area contributed by atoms with Crippen molar-refractivity contribution in [1.29, 1.82) is 0 Å². The summed E-state index contributed by atoms with van der Waals surface area (Å²) in [5.41, 5.74) is 9.14. The number of benzene rings is 2. The van der Waals surface area contributed by atoms with Crippen LogP contribution >= 0.6 is 0 Å². The van der Waals surface area contributed by atoms with E-state index in [0.29, 0.717) is 12.0 Å². The molecular formula is C29H41N3O5. The number of nitrogens with two attached hydrogens (primary N) is 1. The maximum atomic E-state index is 13.9. The number of aromatic hydroxyl groups is 1. The summed E-state index contributed by atoms with van der Waals surface area (Å²) in [6, 6.07) is 9.65. The van der Waals surface area contributed by atoms with Gasteiger partial charge in [-0.3, -0.25) is 9.59 Å². The molecule has 0 aliphatic carbocycles. The van der Waals surface area contributed by atoms with Crippen LogP contribution in [0.25, 0.3) is 0 Å². The van der Waals surface area contributed by atoms with E-state index in [9.17, 15) is 19.5 Å². The Bertz CT molecular complexity index is 1110. The fourth-order valence-corrected chi connectivity index (χ4v) is 4.23. The van der Waals surface area contributed by atoms with Gasteiger partial charge in [0.1, 0.15) is 23.4 Å². The van der Waals surface area contributed by atoms with E-state index in [1.165, 1.54) is 4.90 Å². The van der Waals surface area contributed by atoms with Gasteiger partial charge in [0, 0.05) is 13.0 Å². The number of phenols is 1. The SMILES string of the molecule is Cc1cc(O)c(C)c(C)c1C[C@H](NC(=O)OC(C)(C)C)C(=O)N(CCCc1ccccc1)[C@H](C)C(N)=O. The first kappa shape index (κ1) is 29.7. The number of aryl methyl sites for hydroxylation is 2. The van der Waals surface area contributed by atoms with E-state index in [0.717, 1.165) is 28.7 Å². The maximum Gasteiger partial charge on any atom is 0.408 e. The Morgan fingerprint density at radius 3 is 2.27 bits per heavy atom. The standard InChI is InChI=1S/C29H41N3O5/c1-18-16-25(33)20(3)19(2)23(18)17-24(31-28(36)37-29(5,6)7)27(35)32(21(4)26(30)34)15-11-14-22-12-9-8-10-13-22/h8-10,12-13,16,21,24,33H,11,14-15,17H2,1-7H3,(H2,30,34)(H,31,36)/t21-,24+/m1/s1. The van der Waals surface area contributed by atoms with Gasteiger partial charge in [-0.2, -0.15) is 0 Å². The van der Waals surface area contributed by atoms with Crippen LogP contribution in [-0.2, 0) is 27.2 Å². The van der Waals surface area contributed by atoms with E-state index < -0.39 is 35.6 Å². The summed E-state index contributed by atoms with van der Waals surface area (Å²) in [6.45, 7) is 12.6. The van der Waals surface area contributed by atoms with E-state index in [1.54, 1.807) is 40.7 Å². The molecule has 4 N–H and O–H groups in total. The molecule has 0 aliphatic rings. The van der Waals surface area contributed by atoms with Crippen molar-refractivity contribution in [3.05, 3.63) is 64.2 Å². The van der Waals surface area contributed by atoms with Gasteiger partial charge in [-0.15, -0.1) is 0 Å². The number of primary amides is 1. The Balaban J connectivity index is 2.38. The minimum atomic E-state index is -1.00. The zero-order chi connectivity index (χ0) is 27.9. The van der Waals surface area contributed by atoms with Crippen LogP contribution < -0.4 is 11.1 Å². The molecule has 0 unspecified atom stereocenters. The Kier molecular flexibility index (Phi) is 10.1. The van der Waals surface area contributed by atoms with E-state index in [-0.39, 0.29) is 18.7 Å². The second-order valence-electron chi connectivity index (χ2n) is 10.5. The molecule has 0 aromatic heterocycles. The van der Waals surface area contributed by atoms with Gasteiger partial charge in [-0.25, -0.2) is 4.79 Å². The van der Waals surface area contributed by atoms with Gasteiger partial charge >= 0.3 is 6.09 Å². The summed E-state index contributed by atoms with van der Waals surface area (Å²) in [4.78, 5) is 40.2. The zero-order valence-corrected chi connectivity index (χ0v) is 23.1. The lowest BCUT2D eigenvalue weighted by molar-refractivity contribution is -0.140. The molecule has 0 bridgehead atoms. The van der Waals surface area contributed by atoms with Gasteiger partial charge in [0.05, 0.1) is 0 Å². The minimum Gasteiger partial charge on any atom is -0.508 e. The number of hydrogen-bond donors (Lipinski definition) is 3. The molecule has 0 radical (unpaired) electrons. The van der Waals surface area contributed by atoms with Crippen LogP contribution in [0.3, 0.4) is 0 Å². The third-order valence-electron chi connectivity index (χ3n) is 6.50. The molecule has 202 valence electrons. The molecule has 8 nitrogen and oxygen atoms in total. The van der Waals surface area contributed by atoms with Crippen LogP contribution in [0.1, 0.15) is 61.9 Å². The van der Waals surface area contributed by atoms with Crippen LogP contribution in [-0.4, -0.2) is 52.1 Å². The fourth-order valence-electron chi connectivity index (χ4n) is 4.23. The lowest BCUT2D eigenvalue weighted by Crippen LogP contribution is -2.55. The molecule has 2 aromatic rings. The molecule has 0 fully saturated rings. The number of phenolic OH excluding ortho intramolecular Hbond substituents is 1. The second kappa shape index (κ2) is 12.6. The predicted octanol–water partition coefficient (Wildman–Crippen LogP) is 4.09. The summed E-state index contributed by atoms with van der Waals surface area (Å²) in [5.74, 6) is -0.877. The Morgan fingerprint density at radius 1 is 1.08 bits per heavy atom. The highest BCUT2D eigenvalue weighted by molar-refractivity contribution is 5.91. The van der Waals surface area contributed by atoms with E-state index in [1.807, 2.05) is 44.2 Å². The van der Waals surface area contributed by atoms with Crippen molar-refractivity contribution < 1.29 is 24.2 Å². The van der Waals surface area contributed by atoms with Crippen molar-refractivity contribution in [3.63, 3.8) is 0 Å². The second-order valence-corrected chi connectivity index (χ2v) is 10.5. The highest BCUT2D eigenvalue weighted by atomic mass is 16.6. The number of alkyl carbamates (subject to hydrolysis) is 1. The van der Waals surface area contributed by atoms with Crippen LogP contribution in [0, 0.1) is 20.8 Å². The number of ether oxygens (including phenoxy) is 1. The molecule has 0 saturated heterocycles. The quantitative estimate of drug-likeness (QED) is 0.444. The van der Waals surface area contributed by atoms with Crippen LogP contribution in [0.2, 0.25) is 0 Å². The van der Waals surface area contributed by atoms with E-state index in [2.05, 4.69) is 5.32 Å². The van der Waals surface area contributed by atoms with Crippen molar-refractivity contribution in [1.82, 2.24) is 10.2 Å². The maximum absolute atomic E-state index is 13.9. The molecule has 2 aromatic carbocycles. The molecule has 3 amide bonds. The van der Waals surface area contributed by atoms with Gasteiger partial charge in [0.25, 0.3) is 0 Å². The summed E-state index contributed by atoms with van der Waals surface area (Å²) >= 11 is 0. The largest absolute Gasteiger partial charge is 0.508 e. The molecule has 0 aliphatic heterocycles. The Labute approximate surface area is 220 Å². The van der Waals surface area contributed by atoms with Gasteiger partial charge in [0.2, 0.25) is 11.8 Å². The van der Waals surface area contributed by atoms with Crippen molar-refractivity contribution in [2.45, 2.75) is 85.4 Å². The summed E-state index contributed by atoms with van der Waals surface area (Å²) in [6.07, 6.45) is 0.767. The van der Waals surface area contributed by atoms with Crippen LogP contribution in [0.4, 0.5) is 4.79 Å². The molecule has 0 heterocycles. The van der Waals surface area contributed by atoms with Gasteiger partial charge in [-0.1, -0.05) is 30.3 Å². The first-order valence-electron chi connectivity index (χ1n) is 12.6. The lowest BCUT2D eigenvalue weighted by atomic mass is 9.92. The van der Waals surface area contributed by atoms with Crippen molar-refractivity contribution in [3.8, 4) is 5.75 Å². The smallest absolute Gasteiger partial charge is 0.408 e. The Hall–Kier alpha value is -3.55. The summed E-state index contributed by atoms with van der Waals surface area (Å²) in [5, 5.41) is 12.9. The van der Waals surface area contributed by atoms with Gasteiger partial charge in [-0.05, 0) is 95.2 Å². The van der Waals surface area contributed by atoms with Crippen molar-refractivity contribution >= 4 is 17.9 Å². The third-order valence-corrected chi connectivity index (χ3v) is 6.50. The highest BCUT2D eigenvalue weighted by Gasteiger charge is 2.33. The zero-order valence-electron chi connectivity index (χ0n) is 23.1. The molecule has 8 heteroatoms. The lowest BCUT2D eigenvalue weighted by Gasteiger charge is -2.32. The number of rotatable bonds is 10. The molecule has 2 atom stereocenters. The molecular weight excluding hydrogens is 470 g/mol. The van der Waals surface area contributed by atoms with Crippen molar-refractivity contribution in [2.24, 2.45) is 5.73 Å². The molecule has 0 saturated carbocycles. The van der Waals surface area contributed by atoms with E-state index >= 15 is 0 Å². The van der Waals surface area contributed by atoms with Crippen LogP contribution in [0.15, 0.2) is 36.4 Å². The van der Waals surface area contributed by atoms with E-state index in [4.69, 9.17) is 10.5 Å². The molecule has 0 spiro atoms. The molecule has 2 rings (SSSR count). The Morgan fingerprint density at radius 2 is 1.70 bits per heavy atom. The van der Waals surface area contributed by atoms with Gasteiger partial charge in [0.15, 0.2) is 0 Å². The topological polar surface area (TPSA) is 122 Å². The third kappa shape index (κ3) is 8.51.